The van der Waals surface area contributed by atoms with Crippen LogP contribution in [0.2, 0.25) is 0 Å². The van der Waals surface area contributed by atoms with Gasteiger partial charge in [0.1, 0.15) is 12.1 Å². The van der Waals surface area contributed by atoms with Crippen molar-refractivity contribution in [1.29, 1.82) is 0 Å². The molecule has 126 valence electrons. The number of hydrogen-bond acceptors (Lipinski definition) is 3. The molecule has 5 nitrogen and oxygen atoms in total. The first kappa shape index (κ1) is 18.3. The van der Waals surface area contributed by atoms with E-state index in [-0.39, 0.29) is 13.0 Å². The van der Waals surface area contributed by atoms with Crippen LogP contribution in [0, 0.1) is 3.57 Å². The van der Waals surface area contributed by atoms with E-state index in [2.05, 4.69) is 27.9 Å². The topological polar surface area (TPSA) is 75.6 Å². The van der Waals surface area contributed by atoms with Crippen molar-refractivity contribution >= 4 is 34.7 Å². The second kappa shape index (κ2) is 8.14. The number of rotatable bonds is 6. The molecule has 1 unspecified atom stereocenters. The quantitative estimate of drug-likeness (QED) is 0.675. The molecule has 0 saturated carbocycles. The average Bonchev–Trinajstić information content (AvgIpc) is 2.53. The smallest absolute Gasteiger partial charge is 0.408 e. The maximum absolute atomic E-state index is 12.0. The van der Waals surface area contributed by atoms with Crippen LogP contribution in [-0.4, -0.2) is 22.7 Å². The lowest BCUT2D eigenvalue weighted by Gasteiger charge is -2.26. The average molecular weight is 439 g/mol. The molecule has 0 spiro atoms. The van der Waals surface area contributed by atoms with Crippen LogP contribution < -0.4 is 5.32 Å². The van der Waals surface area contributed by atoms with Gasteiger partial charge in [-0.15, -0.1) is 0 Å². The molecule has 0 saturated heterocycles. The summed E-state index contributed by atoms with van der Waals surface area (Å²) in [5, 5.41) is 12.0. The third kappa shape index (κ3) is 5.23. The van der Waals surface area contributed by atoms with Gasteiger partial charge in [0, 0.05) is 9.99 Å². The van der Waals surface area contributed by atoms with Crippen molar-refractivity contribution in [2.24, 2.45) is 0 Å². The highest BCUT2D eigenvalue weighted by molar-refractivity contribution is 14.1. The van der Waals surface area contributed by atoms with Gasteiger partial charge in [0.25, 0.3) is 0 Å². The molecule has 0 radical (unpaired) electrons. The Bertz CT molecular complexity index is 720. The highest BCUT2D eigenvalue weighted by atomic mass is 127. The largest absolute Gasteiger partial charge is 0.480 e. The minimum atomic E-state index is -1.45. The van der Waals surface area contributed by atoms with Crippen LogP contribution in [0.3, 0.4) is 0 Å². The van der Waals surface area contributed by atoms with Crippen LogP contribution in [0.15, 0.2) is 54.6 Å². The van der Waals surface area contributed by atoms with E-state index >= 15 is 0 Å². The molecule has 24 heavy (non-hydrogen) atoms. The Labute approximate surface area is 154 Å². The van der Waals surface area contributed by atoms with Crippen molar-refractivity contribution in [2.75, 3.05) is 0 Å². The number of halogens is 1. The monoisotopic (exact) mass is 439 g/mol. The predicted molar refractivity (Wildman–Crippen MR) is 98.7 cm³/mol. The number of benzene rings is 2. The highest BCUT2D eigenvalue weighted by Crippen LogP contribution is 2.17. The fraction of sp³-hybridized carbons (Fsp3) is 0.222. The number of carboxylic acid groups (broad SMARTS) is 1. The summed E-state index contributed by atoms with van der Waals surface area (Å²) >= 11 is 2.16. The predicted octanol–water partition coefficient (Wildman–Crippen LogP) is 3.60. The lowest BCUT2D eigenvalue weighted by Crippen LogP contribution is -2.53. The summed E-state index contributed by atoms with van der Waals surface area (Å²) in [5.41, 5.74) is 0.218. The molecule has 0 aliphatic carbocycles. The van der Waals surface area contributed by atoms with Gasteiger partial charge in [0.05, 0.1) is 0 Å². The second-order valence-electron chi connectivity index (χ2n) is 5.63. The molecule has 2 aromatic rings. The molecule has 1 amide bonds. The van der Waals surface area contributed by atoms with Crippen molar-refractivity contribution in [1.82, 2.24) is 5.32 Å². The van der Waals surface area contributed by atoms with E-state index in [0.717, 1.165) is 14.7 Å². The number of carbonyl (C=O) groups excluding carboxylic acids is 1. The molecule has 0 aliphatic rings. The van der Waals surface area contributed by atoms with Crippen molar-refractivity contribution in [3.05, 3.63) is 69.3 Å². The van der Waals surface area contributed by atoms with E-state index in [0.29, 0.717) is 0 Å². The Kier molecular flexibility index (Phi) is 6.19. The summed E-state index contributed by atoms with van der Waals surface area (Å²) in [4.78, 5) is 23.6. The normalized spacial score (nSPS) is 12.9. The van der Waals surface area contributed by atoms with Crippen LogP contribution >= 0.6 is 22.6 Å². The minimum Gasteiger partial charge on any atom is -0.480 e. The Morgan fingerprint density at radius 2 is 1.79 bits per heavy atom. The number of amides is 1. The zero-order valence-corrected chi connectivity index (χ0v) is 15.3. The third-order valence-electron chi connectivity index (χ3n) is 3.51. The van der Waals surface area contributed by atoms with Gasteiger partial charge >= 0.3 is 12.1 Å². The molecule has 0 fully saturated rings. The number of ether oxygens (including phenoxy) is 1. The number of nitrogens with one attached hydrogen (secondary N) is 1. The number of carbonyl (C=O) groups is 2. The summed E-state index contributed by atoms with van der Waals surface area (Å²) in [7, 11) is 0. The molecule has 0 aliphatic heterocycles. The summed E-state index contributed by atoms with van der Waals surface area (Å²) in [6, 6.07) is 16.7. The molecule has 0 heterocycles. The van der Waals surface area contributed by atoms with Crippen LogP contribution in [0.1, 0.15) is 18.1 Å². The molecular weight excluding hydrogens is 421 g/mol. The summed E-state index contributed by atoms with van der Waals surface area (Å²) in [5.74, 6) is -1.11. The zero-order chi connectivity index (χ0) is 17.6. The number of hydrogen-bond donors (Lipinski definition) is 2. The Balaban J connectivity index is 2.01. The molecule has 6 heteroatoms. The third-order valence-corrected chi connectivity index (χ3v) is 4.18. The van der Waals surface area contributed by atoms with Crippen LogP contribution in [0.4, 0.5) is 4.79 Å². The van der Waals surface area contributed by atoms with Crippen molar-refractivity contribution in [3.63, 3.8) is 0 Å². The number of alkyl carbamates (subject to hydrolysis) is 1. The van der Waals surface area contributed by atoms with Gasteiger partial charge in [-0.05, 0) is 52.8 Å². The van der Waals surface area contributed by atoms with E-state index in [1.54, 1.807) is 0 Å². The van der Waals surface area contributed by atoms with Gasteiger partial charge in [-0.3, -0.25) is 0 Å². The van der Waals surface area contributed by atoms with E-state index < -0.39 is 17.6 Å². The van der Waals surface area contributed by atoms with Gasteiger partial charge in [-0.2, -0.15) is 0 Å². The summed E-state index contributed by atoms with van der Waals surface area (Å²) in [6.07, 6.45) is -0.589. The fourth-order valence-corrected chi connectivity index (χ4v) is 2.82. The molecule has 2 N–H and O–H groups in total. The molecule has 2 aromatic carbocycles. The first-order valence-electron chi connectivity index (χ1n) is 7.36. The lowest BCUT2D eigenvalue weighted by atomic mass is 9.93. The fourth-order valence-electron chi connectivity index (χ4n) is 2.21. The maximum atomic E-state index is 12.0. The lowest BCUT2D eigenvalue weighted by molar-refractivity contribution is -0.143. The second-order valence-corrected chi connectivity index (χ2v) is 6.88. The molecule has 1 atom stereocenters. The van der Waals surface area contributed by atoms with E-state index in [9.17, 15) is 14.7 Å². The highest BCUT2D eigenvalue weighted by Gasteiger charge is 2.35. The summed E-state index contributed by atoms with van der Waals surface area (Å²) < 4.78 is 6.12. The van der Waals surface area contributed by atoms with Gasteiger partial charge in [-0.25, -0.2) is 9.59 Å². The van der Waals surface area contributed by atoms with Gasteiger partial charge in [-0.1, -0.05) is 42.5 Å². The van der Waals surface area contributed by atoms with Crippen LogP contribution in [0.25, 0.3) is 0 Å². The first-order chi connectivity index (χ1) is 11.4. The number of carboxylic acids is 1. The maximum Gasteiger partial charge on any atom is 0.408 e. The zero-order valence-electron chi connectivity index (χ0n) is 13.2. The summed E-state index contributed by atoms with van der Waals surface area (Å²) in [6.45, 7) is 1.56. The molecule has 0 aromatic heterocycles. The van der Waals surface area contributed by atoms with Crippen molar-refractivity contribution in [2.45, 2.75) is 25.5 Å². The molecular formula is C18H18INO4. The standard InChI is InChI=1S/C18H18INO4/c1-18(16(21)22,11-14-8-5-9-15(19)10-14)20-17(23)24-12-13-6-3-2-4-7-13/h2-10H,11-12H2,1H3,(H,20,23)(H,21,22). The first-order valence-corrected chi connectivity index (χ1v) is 8.44. The van der Waals surface area contributed by atoms with E-state index in [1.165, 1.54) is 6.92 Å². The van der Waals surface area contributed by atoms with E-state index in [4.69, 9.17) is 4.74 Å². The Morgan fingerprint density at radius 3 is 2.42 bits per heavy atom. The van der Waals surface area contributed by atoms with Gasteiger partial charge < -0.3 is 15.2 Å². The Morgan fingerprint density at radius 1 is 1.12 bits per heavy atom. The molecule has 0 bridgehead atoms. The van der Waals surface area contributed by atoms with Gasteiger partial charge in [0.15, 0.2) is 0 Å². The Hall–Kier alpha value is -2.09. The van der Waals surface area contributed by atoms with E-state index in [1.807, 2.05) is 54.6 Å². The molecule has 2 rings (SSSR count). The van der Waals surface area contributed by atoms with Crippen molar-refractivity contribution in [3.8, 4) is 0 Å². The van der Waals surface area contributed by atoms with Crippen molar-refractivity contribution < 1.29 is 19.4 Å². The minimum absolute atomic E-state index is 0.0889. The van der Waals surface area contributed by atoms with Crippen LogP contribution in [0.5, 0.6) is 0 Å². The van der Waals surface area contributed by atoms with Crippen LogP contribution in [-0.2, 0) is 22.6 Å². The van der Waals surface area contributed by atoms with Gasteiger partial charge in [0.2, 0.25) is 0 Å². The number of aliphatic carboxylic acids is 1. The SMILES string of the molecule is CC(Cc1cccc(I)c1)(NC(=O)OCc1ccccc1)C(=O)O.